The third-order valence-corrected chi connectivity index (χ3v) is 4.44. The van der Waals surface area contributed by atoms with Crippen molar-refractivity contribution in [2.75, 3.05) is 13.1 Å². The molecule has 0 atom stereocenters. The molecule has 0 aromatic carbocycles. The summed E-state index contributed by atoms with van der Waals surface area (Å²) in [5.74, 6) is 1.68. The molecule has 114 valence electrons. The minimum atomic E-state index is 0.0784. The van der Waals surface area contributed by atoms with Gasteiger partial charge in [0.05, 0.1) is 6.26 Å². The van der Waals surface area contributed by atoms with Gasteiger partial charge in [-0.3, -0.25) is 0 Å². The molecule has 0 aliphatic rings. The van der Waals surface area contributed by atoms with Gasteiger partial charge in [-0.2, -0.15) is 0 Å². The lowest BCUT2D eigenvalue weighted by molar-refractivity contribution is 0.506. The number of aliphatic imine (C=N–C) groups is 1. The third kappa shape index (κ3) is 4.63. The lowest BCUT2D eigenvalue weighted by Gasteiger charge is -2.25. The van der Waals surface area contributed by atoms with Gasteiger partial charge in [-0.05, 0) is 30.5 Å². The second-order valence-corrected chi connectivity index (χ2v) is 6.44. The van der Waals surface area contributed by atoms with Crippen molar-refractivity contribution in [3.63, 3.8) is 0 Å². The van der Waals surface area contributed by atoms with E-state index in [1.807, 2.05) is 12.1 Å². The Morgan fingerprint density at radius 3 is 2.76 bits per heavy atom. The number of guanidine groups is 1. The molecule has 2 aromatic rings. The first-order chi connectivity index (χ1) is 10.1. The Morgan fingerprint density at radius 1 is 1.29 bits per heavy atom. The van der Waals surface area contributed by atoms with Crippen molar-refractivity contribution in [2.24, 2.45) is 4.99 Å². The van der Waals surface area contributed by atoms with E-state index < -0.39 is 0 Å². The molecule has 5 heteroatoms. The minimum Gasteiger partial charge on any atom is -0.467 e. The molecular formula is C16H23N3OS. The zero-order valence-electron chi connectivity index (χ0n) is 12.8. The van der Waals surface area contributed by atoms with Crippen LogP contribution in [0.2, 0.25) is 0 Å². The predicted octanol–water partition coefficient (Wildman–Crippen LogP) is 3.37. The normalized spacial score (nSPS) is 12.4. The highest BCUT2D eigenvalue weighted by Gasteiger charge is 2.21. The van der Waals surface area contributed by atoms with Crippen LogP contribution in [0.3, 0.4) is 0 Å². The summed E-state index contributed by atoms with van der Waals surface area (Å²) < 4.78 is 5.31. The maximum Gasteiger partial charge on any atom is 0.191 e. The summed E-state index contributed by atoms with van der Waals surface area (Å²) in [5.41, 5.74) is 0.0784. The summed E-state index contributed by atoms with van der Waals surface area (Å²) in [4.78, 5) is 5.92. The zero-order chi connectivity index (χ0) is 15.1. The quantitative estimate of drug-likeness (QED) is 0.635. The maximum absolute atomic E-state index is 5.31. The van der Waals surface area contributed by atoms with E-state index in [4.69, 9.17) is 4.42 Å². The van der Waals surface area contributed by atoms with Crippen LogP contribution in [0.15, 0.2) is 45.3 Å². The topological polar surface area (TPSA) is 49.6 Å². The van der Waals surface area contributed by atoms with E-state index in [0.717, 1.165) is 24.8 Å². The van der Waals surface area contributed by atoms with Gasteiger partial charge in [0.1, 0.15) is 12.3 Å². The average Bonchev–Trinajstić information content (AvgIpc) is 3.14. The second kappa shape index (κ2) is 7.31. The lowest BCUT2D eigenvalue weighted by Crippen LogP contribution is -2.43. The molecule has 0 radical (unpaired) electrons. The van der Waals surface area contributed by atoms with Crippen molar-refractivity contribution in [1.29, 1.82) is 0 Å². The van der Waals surface area contributed by atoms with Crippen molar-refractivity contribution < 1.29 is 4.42 Å². The molecule has 2 rings (SSSR count). The van der Waals surface area contributed by atoms with Gasteiger partial charge in [-0.1, -0.05) is 19.9 Å². The van der Waals surface area contributed by atoms with E-state index >= 15 is 0 Å². The van der Waals surface area contributed by atoms with Crippen molar-refractivity contribution in [3.05, 3.63) is 46.5 Å². The molecule has 0 unspecified atom stereocenters. The Hall–Kier alpha value is -1.75. The molecule has 2 heterocycles. The first-order valence-electron chi connectivity index (χ1n) is 7.20. The third-order valence-electron chi connectivity index (χ3n) is 3.20. The van der Waals surface area contributed by atoms with E-state index in [9.17, 15) is 0 Å². The molecule has 4 nitrogen and oxygen atoms in total. The van der Waals surface area contributed by atoms with Gasteiger partial charge in [-0.25, -0.2) is 4.99 Å². The van der Waals surface area contributed by atoms with E-state index in [-0.39, 0.29) is 5.41 Å². The first kappa shape index (κ1) is 15.6. The monoisotopic (exact) mass is 305 g/mol. The van der Waals surface area contributed by atoms with Crippen LogP contribution < -0.4 is 10.6 Å². The molecule has 2 N–H and O–H groups in total. The van der Waals surface area contributed by atoms with Crippen LogP contribution in [-0.2, 0) is 12.0 Å². The average molecular weight is 305 g/mol. The van der Waals surface area contributed by atoms with Crippen molar-refractivity contribution in [2.45, 2.75) is 32.7 Å². The summed E-state index contributed by atoms with van der Waals surface area (Å²) in [6.45, 7) is 8.75. The van der Waals surface area contributed by atoms with Crippen LogP contribution >= 0.6 is 11.3 Å². The van der Waals surface area contributed by atoms with Crippen molar-refractivity contribution >= 4 is 17.3 Å². The highest BCUT2D eigenvalue weighted by atomic mass is 32.1. The number of nitrogens with one attached hydrogen (secondary N) is 2. The minimum absolute atomic E-state index is 0.0784. The van der Waals surface area contributed by atoms with Crippen LogP contribution in [0, 0.1) is 0 Å². The Morgan fingerprint density at radius 2 is 2.14 bits per heavy atom. The summed E-state index contributed by atoms with van der Waals surface area (Å²) in [7, 11) is 0. The largest absolute Gasteiger partial charge is 0.467 e. The van der Waals surface area contributed by atoms with Crippen LogP contribution in [0.5, 0.6) is 0 Å². The number of nitrogens with zero attached hydrogens (tertiary/aromatic N) is 1. The number of hydrogen-bond acceptors (Lipinski definition) is 3. The Kier molecular flexibility index (Phi) is 5.44. The summed E-state index contributed by atoms with van der Waals surface area (Å²) in [6.07, 6.45) is 1.67. The molecule has 0 saturated carbocycles. The Balaban J connectivity index is 1.95. The Labute approximate surface area is 130 Å². The molecule has 0 fully saturated rings. The smallest absolute Gasteiger partial charge is 0.191 e. The summed E-state index contributed by atoms with van der Waals surface area (Å²) in [6, 6.07) is 8.09. The number of thiophene rings is 1. The SMILES string of the molecule is CCNC(=NCc1ccco1)NCC(C)(C)c1cccs1. The van der Waals surface area contributed by atoms with E-state index in [1.165, 1.54) is 4.88 Å². The van der Waals surface area contributed by atoms with Gasteiger partial charge < -0.3 is 15.1 Å². The maximum atomic E-state index is 5.31. The molecule has 0 spiro atoms. The number of furan rings is 1. The fraction of sp³-hybridized carbons (Fsp3) is 0.438. The summed E-state index contributed by atoms with van der Waals surface area (Å²) in [5, 5.41) is 8.80. The van der Waals surface area contributed by atoms with Crippen LogP contribution in [0.1, 0.15) is 31.4 Å². The standard InChI is InChI=1S/C16H23N3OS/c1-4-17-15(18-11-13-7-5-9-20-13)19-12-16(2,3)14-8-6-10-21-14/h5-10H,4,11-12H2,1-3H3,(H2,17,18,19). The van der Waals surface area contributed by atoms with Gasteiger partial charge in [0.25, 0.3) is 0 Å². The van der Waals surface area contributed by atoms with Gasteiger partial charge >= 0.3 is 0 Å². The van der Waals surface area contributed by atoms with Crippen molar-refractivity contribution in [3.8, 4) is 0 Å². The molecular weight excluding hydrogens is 282 g/mol. The van der Waals surface area contributed by atoms with Crippen LogP contribution in [0.25, 0.3) is 0 Å². The van der Waals surface area contributed by atoms with E-state index in [2.05, 4.69) is 53.9 Å². The fourth-order valence-electron chi connectivity index (χ4n) is 1.96. The van der Waals surface area contributed by atoms with Gasteiger partial charge in [-0.15, -0.1) is 11.3 Å². The van der Waals surface area contributed by atoms with Crippen LogP contribution in [0.4, 0.5) is 0 Å². The predicted molar refractivity (Wildman–Crippen MR) is 88.9 cm³/mol. The van der Waals surface area contributed by atoms with E-state index in [1.54, 1.807) is 17.6 Å². The van der Waals surface area contributed by atoms with Gasteiger partial charge in [0, 0.05) is 23.4 Å². The molecule has 0 amide bonds. The summed E-state index contributed by atoms with van der Waals surface area (Å²) >= 11 is 1.79. The molecule has 0 aliphatic heterocycles. The van der Waals surface area contributed by atoms with Gasteiger partial charge in [0.15, 0.2) is 5.96 Å². The molecule has 2 aromatic heterocycles. The van der Waals surface area contributed by atoms with E-state index in [0.29, 0.717) is 6.54 Å². The fourth-order valence-corrected chi connectivity index (χ4v) is 2.81. The number of hydrogen-bond donors (Lipinski definition) is 2. The second-order valence-electron chi connectivity index (χ2n) is 5.49. The molecule has 21 heavy (non-hydrogen) atoms. The highest BCUT2D eigenvalue weighted by Crippen LogP contribution is 2.26. The van der Waals surface area contributed by atoms with Gasteiger partial charge in [0.2, 0.25) is 0 Å². The molecule has 0 saturated heterocycles. The van der Waals surface area contributed by atoms with Crippen LogP contribution in [-0.4, -0.2) is 19.0 Å². The Bertz CT molecular complexity index is 544. The van der Waals surface area contributed by atoms with Crippen molar-refractivity contribution in [1.82, 2.24) is 10.6 Å². The zero-order valence-corrected chi connectivity index (χ0v) is 13.7. The molecule has 0 aliphatic carbocycles. The first-order valence-corrected chi connectivity index (χ1v) is 8.08. The highest BCUT2D eigenvalue weighted by molar-refractivity contribution is 7.10. The lowest BCUT2D eigenvalue weighted by atomic mass is 9.91. The molecule has 0 bridgehead atoms. The number of rotatable bonds is 6.